The fraction of sp³-hybridized carbons (Fsp3) is 0.704. The van der Waals surface area contributed by atoms with Gasteiger partial charge < -0.3 is 4.74 Å². The topological polar surface area (TPSA) is 9.23 Å². The Morgan fingerprint density at radius 2 is 1.07 bits per heavy atom. The fourth-order valence-corrected chi connectivity index (χ4v) is 3.65. The van der Waals surface area contributed by atoms with E-state index in [1.54, 1.807) is 0 Å². The van der Waals surface area contributed by atoms with E-state index in [1.165, 1.54) is 108 Å². The van der Waals surface area contributed by atoms with Gasteiger partial charge in [-0.1, -0.05) is 146 Å². The minimum absolute atomic E-state index is 0.730. The molecule has 0 saturated carbocycles. The molecule has 0 saturated heterocycles. The first-order valence-electron chi connectivity index (χ1n) is 12.2. The van der Waals surface area contributed by atoms with Crippen LogP contribution in [0, 0.1) is 0 Å². The Morgan fingerprint density at radius 1 is 0.607 bits per heavy atom. The second kappa shape index (κ2) is 20.6. The molecule has 1 aromatic rings. The molecule has 160 valence electrons. The first-order chi connectivity index (χ1) is 13.9. The normalized spacial score (nSPS) is 11.5. The molecule has 0 amide bonds. The molecule has 1 aromatic carbocycles. The summed E-state index contributed by atoms with van der Waals surface area (Å²) in [6.45, 7) is 3.92. The Morgan fingerprint density at radius 3 is 1.57 bits per heavy atom. The number of rotatable bonds is 20. The van der Waals surface area contributed by atoms with Crippen LogP contribution in [0.3, 0.4) is 0 Å². The van der Waals surface area contributed by atoms with Crippen LogP contribution in [-0.4, -0.2) is 13.2 Å². The minimum atomic E-state index is 0.730. The molecule has 0 unspecified atom stereocenters. The van der Waals surface area contributed by atoms with Gasteiger partial charge in [0.05, 0.1) is 6.61 Å². The number of hydrogen-bond donors (Lipinski definition) is 0. The molecular weight excluding hydrogens is 340 g/mol. The van der Waals surface area contributed by atoms with Crippen LogP contribution in [0.2, 0.25) is 0 Å². The van der Waals surface area contributed by atoms with E-state index in [4.69, 9.17) is 4.74 Å². The van der Waals surface area contributed by atoms with Gasteiger partial charge in [-0.25, -0.2) is 0 Å². The summed E-state index contributed by atoms with van der Waals surface area (Å²) in [5, 5.41) is 0. The van der Waals surface area contributed by atoms with Crippen LogP contribution in [0.4, 0.5) is 0 Å². The van der Waals surface area contributed by atoms with Crippen LogP contribution in [0.1, 0.15) is 115 Å². The SMILES string of the molecule is CCCCCCCCCCCCCCCCCCOCC=Cc1ccccc1. The molecular formula is C27H46O. The van der Waals surface area contributed by atoms with Crippen molar-refractivity contribution in [3.63, 3.8) is 0 Å². The van der Waals surface area contributed by atoms with Crippen molar-refractivity contribution in [2.75, 3.05) is 13.2 Å². The highest BCUT2D eigenvalue weighted by Gasteiger charge is 1.95. The molecule has 0 spiro atoms. The molecule has 1 nitrogen and oxygen atoms in total. The Hall–Kier alpha value is -1.08. The quantitative estimate of drug-likeness (QED) is 0.203. The summed E-state index contributed by atoms with van der Waals surface area (Å²) in [6, 6.07) is 10.4. The van der Waals surface area contributed by atoms with E-state index in [0.717, 1.165) is 13.2 Å². The molecule has 0 heterocycles. The summed E-state index contributed by atoms with van der Waals surface area (Å²) >= 11 is 0. The van der Waals surface area contributed by atoms with Crippen LogP contribution >= 0.6 is 0 Å². The van der Waals surface area contributed by atoms with Crippen LogP contribution in [0.25, 0.3) is 6.08 Å². The van der Waals surface area contributed by atoms with Gasteiger partial charge in [-0.2, -0.15) is 0 Å². The summed E-state index contributed by atoms with van der Waals surface area (Å²) in [6.07, 6.45) is 26.9. The second-order valence-corrected chi connectivity index (χ2v) is 8.19. The summed E-state index contributed by atoms with van der Waals surface area (Å²) in [4.78, 5) is 0. The van der Waals surface area contributed by atoms with E-state index in [1.807, 2.05) is 6.07 Å². The van der Waals surface area contributed by atoms with Gasteiger partial charge in [-0.15, -0.1) is 0 Å². The maximum atomic E-state index is 5.69. The van der Waals surface area contributed by atoms with Gasteiger partial charge >= 0.3 is 0 Å². The molecule has 1 heteroatoms. The average Bonchev–Trinajstić information content (AvgIpc) is 2.73. The third-order valence-corrected chi connectivity index (χ3v) is 5.47. The molecule has 1 rings (SSSR count). The standard InChI is InChI=1S/C27H46O/c1-2-3-4-5-6-7-8-9-10-11-12-13-14-15-16-20-25-28-26-21-24-27-22-18-17-19-23-27/h17-19,21-24H,2-16,20,25-26H2,1H3. The molecule has 0 aromatic heterocycles. The van der Waals surface area contributed by atoms with Gasteiger partial charge in [-0.3, -0.25) is 0 Å². The van der Waals surface area contributed by atoms with Gasteiger partial charge in [0.25, 0.3) is 0 Å². The van der Waals surface area contributed by atoms with Crippen molar-refractivity contribution in [3.05, 3.63) is 42.0 Å². The van der Waals surface area contributed by atoms with Crippen molar-refractivity contribution < 1.29 is 4.74 Å². The lowest BCUT2D eigenvalue weighted by molar-refractivity contribution is 0.157. The zero-order valence-electron chi connectivity index (χ0n) is 18.7. The molecule has 0 radical (unpaired) electrons. The number of benzene rings is 1. The second-order valence-electron chi connectivity index (χ2n) is 8.19. The summed E-state index contributed by atoms with van der Waals surface area (Å²) < 4.78 is 5.69. The van der Waals surface area contributed by atoms with E-state index in [0.29, 0.717) is 0 Å². The Balaban J connectivity index is 1.70. The highest BCUT2D eigenvalue weighted by atomic mass is 16.5. The van der Waals surface area contributed by atoms with E-state index in [9.17, 15) is 0 Å². The molecule has 0 atom stereocenters. The lowest BCUT2D eigenvalue weighted by atomic mass is 10.0. The highest BCUT2D eigenvalue weighted by molar-refractivity contribution is 5.48. The summed E-state index contributed by atoms with van der Waals surface area (Å²) in [5.74, 6) is 0. The smallest absolute Gasteiger partial charge is 0.0650 e. The maximum absolute atomic E-state index is 5.69. The van der Waals surface area contributed by atoms with E-state index < -0.39 is 0 Å². The molecule has 0 aliphatic heterocycles. The van der Waals surface area contributed by atoms with Crippen LogP contribution in [0.5, 0.6) is 0 Å². The first kappa shape index (κ1) is 25.0. The Bertz CT molecular complexity index is 437. The van der Waals surface area contributed by atoms with Gasteiger partial charge in [0, 0.05) is 6.61 Å². The maximum Gasteiger partial charge on any atom is 0.0650 e. The number of hydrogen-bond acceptors (Lipinski definition) is 1. The third kappa shape index (κ3) is 17.0. The summed E-state index contributed by atoms with van der Waals surface area (Å²) in [5.41, 5.74) is 1.24. The summed E-state index contributed by atoms with van der Waals surface area (Å²) in [7, 11) is 0. The average molecular weight is 387 g/mol. The van der Waals surface area contributed by atoms with Gasteiger partial charge in [0.1, 0.15) is 0 Å². The van der Waals surface area contributed by atoms with Crippen molar-refractivity contribution in [2.24, 2.45) is 0 Å². The zero-order chi connectivity index (χ0) is 20.0. The lowest BCUT2D eigenvalue weighted by Gasteiger charge is -2.04. The van der Waals surface area contributed by atoms with E-state index >= 15 is 0 Å². The fourth-order valence-electron chi connectivity index (χ4n) is 3.65. The predicted molar refractivity (Wildman–Crippen MR) is 126 cm³/mol. The predicted octanol–water partition coefficient (Wildman–Crippen LogP) is 8.98. The van der Waals surface area contributed by atoms with Crippen molar-refractivity contribution in [2.45, 2.75) is 110 Å². The van der Waals surface area contributed by atoms with Crippen LogP contribution in [-0.2, 0) is 4.74 Å². The minimum Gasteiger partial charge on any atom is -0.377 e. The molecule has 0 aliphatic rings. The number of ether oxygens (including phenoxy) is 1. The van der Waals surface area contributed by atoms with Crippen LogP contribution in [0.15, 0.2) is 36.4 Å². The molecule has 0 N–H and O–H groups in total. The zero-order valence-corrected chi connectivity index (χ0v) is 18.7. The molecule has 0 aliphatic carbocycles. The lowest BCUT2D eigenvalue weighted by Crippen LogP contribution is -1.94. The molecule has 0 bridgehead atoms. The Labute approximate surface area is 176 Å². The third-order valence-electron chi connectivity index (χ3n) is 5.47. The number of unbranched alkanes of at least 4 members (excludes halogenated alkanes) is 15. The molecule has 0 fully saturated rings. The van der Waals surface area contributed by atoms with E-state index in [-0.39, 0.29) is 0 Å². The largest absolute Gasteiger partial charge is 0.377 e. The first-order valence-corrected chi connectivity index (χ1v) is 12.2. The van der Waals surface area contributed by atoms with Crippen molar-refractivity contribution in [3.8, 4) is 0 Å². The Kier molecular flexibility index (Phi) is 18.4. The van der Waals surface area contributed by atoms with Gasteiger partial charge in [0.15, 0.2) is 0 Å². The molecule has 28 heavy (non-hydrogen) atoms. The van der Waals surface area contributed by atoms with Crippen molar-refractivity contribution in [1.82, 2.24) is 0 Å². The van der Waals surface area contributed by atoms with Crippen molar-refractivity contribution >= 4 is 6.08 Å². The monoisotopic (exact) mass is 386 g/mol. The van der Waals surface area contributed by atoms with E-state index in [2.05, 4.69) is 43.3 Å². The van der Waals surface area contributed by atoms with Crippen LogP contribution < -0.4 is 0 Å². The van der Waals surface area contributed by atoms with Gasteiger partial charge in [0.2, 0.25) is 0 Å². The highest BCUT2D eigenvalue weighted by Crippen LogP contribution is 2.13. The van der Waals surface area contributed by atoms with Crippen molar-refractivity contribution in [1.29, 1.82) is 0 Å². The van der Waals surface area contributed by atoms with Gasteiger partial charge in [-0.05, 0) is 12.0 Å².